The molecule has 0 radical (unpaired) electrons. The van der Waals surface area contributed by atoms with Crippen LogP contribution in [0, 0.1) is 5.92 Å². The Labute approximate surface area is 126 Å². The van der Waals surface area contributed by atoms with E-state index in [-0.39, 0.29) is 12.0 Å². The summed E-state index contributed by atoms with van der Waals surface area (Å²) in [6, 6.07) is 8.35. The Morgan fingerprint density at radius 1 is 1.24 bits per heavy atom. The Morgan fingerprint density at radius 3 is 2.67 bits per heavy atom. The summed E-state index contributed by atoms with van der Waals surface area (Å²) in [5.74, 6) is 1.55. The minimum atomic E-state index is 0.221. The number of nitrogens with zero attached hydrogens (tertiary/aromatic N) is 2. The normalized spacial score (nSPS) is 23.7. The molecule has 1 aromatic carbocycles. The van der Waals surface area contributed by atoms with Crippen molar-refractivity contribution in [3.05, 3.63) is 29.8 Å². The molecule has 0 aromatic heterocycles. The molecule has 1 atom stereocenters. The predicted molar refractivity (Wildman–Crippen MR) is 82.3 cm³/mol. The molecule has 1 saturated carbocycles. The maximum atomic E-state index is 12.5. The average Bonchev–Trinajstić information content (AvgIpc) is 2.46. The van der Waals surface area contributed by atoms with Crippen molar-refractivity contribution in [2.75, 3.05) is 33.8 Å². The van der Waals surface area contributed by atoms with E-state index in [0.717, 1.165) is 38.2 Å². The molecule has 1 aliphatic carbocycles. The molecule has 1 amide bonds. The van der Waals surface area contributed by atoms with Gasteiger partial charge in [0, 0.05) is 31.1 Å². The molecule has 3 rings (SSSR count). The molecular weight excluding hydrogens is 264 g/mol. The van der Waals surface area contributed by atoms with Crippen molar-refractivity contribution in [2.45, 2.75) is 25.3 Å². The fourth-order valence-electron chi connectivity index (χ4n) is 3.26. The van der Waals surface area contributed by atoms with E-state index in [4.69, 9.17) is 4.74 Å². The second-order valence-electron chi connectivity index (χ2n) is 6.15. The molecule has 4 nitrogen and oxygen atoms in total. The van der Waals surface area contributed by atoms with E-state index < -0.39 is 0 Å². The van der Waals surface area contributed by atoms with Crippen molar-refractivity contribution in [3.8, 4) is 5.75 Å². The molecule has 1 aliphatic heterocycles. The van der Waals surface area contributed by atoms with Gasteiger partial charge in [-0.05, 0) is 26.0 Å². The summed E-state index contributed by atoms with van der Waals surface area (Å²) in [4.78, 5) is 16.9. The second-order valence-corrected chi connectivity index (χ2v) is 6.15. The molecule has 114 valence electrons. The van der Waals surface area contributed by atoms with Gasteiger partial charge in [-0.2, -0.15) is 0 Å². The van der Waals surface area contributed by atoms with Gasteiger partial charge in [0.1, 0.15) is 5.75 Å². The number of likely N-dealkylation sites (N-methyl/N-ethyl adjacent to an activating group) is 1. The zero-order valence-electron chi connectivity index (χ0n) is 12.9. The highest BCUT2D eigenvalue weighted by atomic mass is 16.5. The van der Waals surface area contributed by atoms with Gasteiger partial charge >= 0.3 is 0 Å². The Kier molecular flexibility index (Phi) is 4.15. The van der Waals surface area contributed by atoms with Crippen LogP contribution in [0.3, 0.4) is 0 Å². The Balaban J connectivity index is 1.78. The number of piperazine rings is 1. The molecule has 0 bridgehead atoms. The number of hydrogen-bond acceptors (Lipinski definition) is 3. The molecule has 0 spiro atoms. The number of benzene rings is 1. The Hall–Kier alpha value is -1.55. The molecule has 1 heterocycles. The van der Waals surface area contributed by atoms with Gasteiger partial charge in [-0.15, -0.1) is 0 Å². The Bertz CT molecular complexity index is 513. The van der Waals surface area contributed by atoms with Gasteiger partial charge in [-0.25, -0.2) is 0 Å². The SMILES string of the molecule is COc1ccccc1[C@@H]1CN(C(=O)C2CCC2)CCN1C. The summed E-state index contributed by atoms with van der Waals surface area (Å²) in [7, 11) is 3.83. The summed E-state index contributed by atoms with van der Waals surface area (Å²) < 4.78 is 5.49. The monoisotopic (exact) mass is 288 g/mol. The lowest BCUT2D eigenvalue weighted by Gasteiger charge is -2.42. The second kappa shape index (κ2) is 6.06. The first-order valence-electron chi connectivity index (χ1n) is 7.82. The molecule has 4 heteroatoms. The number of hydrogen-bond donors (Lipinski definition) is 0. The van der Waals surface area contributed by atoms with Gasteiger partial charge in [0.2, 0.25) is 5.91 Å². The van der Waals surface area contributed by atoms with Crippen molar-refractivity contribution < 1.29 is 9.53 Å². The zero-order chi connectivity index (χ0) is 14.8. The van der Waals surface area contributed by atoms with Crippen LogP contribution in [-0.2, 0) is 4.79 Å². The minimum Gasteiger partial charge on any atom is -0.496 e. The highest BCUT2D eigenvalue weighted by Gasteiger charge is 2.34. The topological polar surface area (TPSA) is 32.8 Å². The van der Waals surface area contributed by atoms with Gasteiger partial charge in [0.05, 0.1) is 13.2 Å². The fourth-order valence-corrected chi connectivity index (χ4v) is 3.26. The maximum Gasteiger partial charge on any atom is 0.225 e. The van der Waals surface area contributed by atoms with Gasteiger partial charge in [0.15, 0.2) is 0 Å². The lowest BCUT2D eigenvalue weighted by molar-refractivity contribution is -0.141. The molecule has 21 heavy (non-hydrogen) atoms. The van der Waals surface area contributed by atoms with E-state index in [1.807, 2.05) is 18.2 Å². The van der Waals surface area contributed by atoms with Crippen molar-refractivity contribution >= 4 is 5.91 Å². The molecule has 0 N–H and O–H groups in total. The van der Waals surface area contributed by atoms with Gasteiger partial charge < -0.3 is 9.64 Å². The zero-order valence-corrected chi connectivity index (χ0v) is 12.9. The minimum absolute atomic E-state index is 0.221. The third-order valence-corrected chi connectivity index (χ3v) is 4.91. The summed E-state index contributed by atoms with van der Waals surface area (Å²) in [5.41, 5.74) is 1.17. The first-order valence-corrected chi connectivity index (χ1v) is 7.82. The quantitative estimate of drug-likeness (QED) is 0.855. The number of methoxy groups -OCH3 is 1. The number of amides is 1. The van der Waals surface area contributed by atoms with Gasteiger partial charge in [-0.1, -0.05) is 24.6 Å². The summed E-state index contributed by atoms with van der Waals surface area (Å²) in [6.45, 7) is 2.53. The molecule has 1 aromatic rings. The summed E-state index contributed by atoms with van der Waals surface area (Å²) in [6.07, 6.45) is 3.36. The number of para-hydroxylation sites is 1. The highest BCUT2D eigenvalue weighted by Crippen LogP contribution is 2.34. The molecule has 2 aliphatic rings. The third-order valence-electron chi connectivity index (χ3n) is 4.91. The first-order chi connectivity index (χ1) is 10.2. The number of carbonyl (C=O) groups excluding carboxylic acids is 1. The van der Waals surface area contributed by atoms with Crippen molar-refractivity contribution in [1.29, 1.82) is 0 Å². The van der Waals surface area contributed by atoms with Crippen molar-refractivity contribution in [3.63, 3.8) is 0 Å². The largest absolute Gasteiger partial charge is 0.496 e. The van der Waals surface area contributed by atoms with E-state index in [9.17, 15) is 4.79 Å². The van der Waals surface area contributed by atoms with Crippen LogP contribution in [0.2, 0.25) is 0 Å². The molecule has 1 saturated heterocycles. The Morgan fingerprint density at radius 2 is 2.00 bits per heavy atom. The van der Waals surface area contributed by atoms with Crippen LogP contribution in [0.5, 0.6) is 5.75 Å². The first kappa shape index (κ1) is 14.4. The maximum absolute atomic E-state index is 12.5. The van der Waals surface area contributed by atoms with Crippen molar-refractivity contribution in [1.82, 2.24) is 9.80 Å². The van der Waals surface area contributed by atoms with Gasteiger partial charge in [-0.3, -0.25) is 9.69 Å². The molecular formula is C17H24N2O2. The van der Waals surface area contributed by atoms with Crippen LogP contribution in [0.1, 0.15) is 30.9 Å². The smallest absolute Gasteiger partial charge is 0.225 e. The molecule has 2 fully saturated rings. The highest BCUT2D eigenvalue weighted by molar-refractivity contribution is 5.79. The molecule has 0 unspecified atom stereocenters. The third kappa shape index (κ3) is 2.77. The lowest BCUT2D eigenvalue weighted by atomic mass is 9.84. The van der Waals surface area contributed by atoms with E-state index in [1.165, 1.54) is 12.0 Å². The number of carbonyl (C=O) groups is 1. The van der Waals surface area contributed by atoms with Crippen LogP contribution in [-0.4, -0.2) is 49.5 Å². The van der Waals surface area contributed by atoms with Crippen LogP contribution in [0.25, 0.3) is 0 Å². The van der Waals surface area contributed by atoms with Crippen LogP contribution < -0.4 is 4.74 Å². The number of rotatable bonds is 3. The van der Waals surface area contributed by atoms with E-state index >= 15 is 0 Å². The van der Waals surface area contributed by atoms with Crippen LogP contribution in [0.15, 0.2) is 24.3 Å². The van der Waals surface area contributed by atoms with Crippen LogP contribution >= 0.6 is 0 Å². The number of ether oxygens (including phenoxy) is 1. The van der Waals surface area contributed by atoms with E-state index in [0.29, 0.717) is 5.91 Å². The predicted octanol–water partition coefficient (Wildman–Crippen LogP) is 2.31. The van der Waals surface area contributed by atoms with Crippen LogP contribution in [0.4, 0.5) is 0 Å². The lowest BCUT2D eigenvalue weighted by Crippen LogP contribution is -2.51. The van der Waals surface area contributed by atoms with Gasteiger partial charge in [0.25, 0.3) is 0 Å². The summed E-state index contributed by atoms with van der Waals surface area (Å²) in [5, 5.41) is 0. The van der Waals surface area contributed by atoms with Crippen molar-refractivity contribution in [2.24, 2.45) is 5.92 Å². The fraction of sp³-hybridized carbons (Fsp3) is 0.588. The standard InChI is InChI=1S/C17H24N2O2/c1-18-10-11-19(17(20)13-6-5-7-13)12-15(18)14-8-3-4-9-16(14)21-2/h3-4,8-9,13,15H,5-7,10-12H2,1-2H3/t15-/m0/s1. The van der Waals surface area contributed by atoms with E-state index in [2.05, 4.69) is 22.9 Å². The summed E-state index contributed by atoms with van der Waals surface area (Å²) >= 11 is 0. The average molecular weight is 288 g/mol. The van der Waals surface area contributed by atoms with E-state index in [1.54, 1.807) is 7.11 Å².